The van der Waals surface area contributed by atoms with Gasteiger partial charge in [0, 0.05) is 4.88 Å². The Morgan fingerprint density at radius 1 is 1.50 bits per heavy atom. The van der Waals surface area contributed by atoms with Crippen LogP contribution in [0.5, 0.6) is 0 Å². The van der Waals surface area contributed by atoms with Crippen molar-refractivity contribution in [2.45, 2.75) is 19.4 Å². The molecule has 0 fully saturated rings. The van der Waals surface area contributed by atoms with Gasteiger partial charge in [-0.1, -0.05) is 13.0 Å². The summed E-state index contributed by atoms with van der Waals surface area (Å²) >= 11 is 1.58. The lowest BCUT2D eigenvalue weighted by Gasteiger charge is -2.19. The monoisotopic (exact) mass is 294 g/mol. The third kappa shape index (κ3) is 2.75. The zero-order chi connectivity index (χ0) is 14.7. The summed E-state index contributed by atoms with van der Waals surface area (Å²) < 4.78 is 13.4. The summed E-state index contributed by atoms with van der Waals surface area (Å²) in [5.74, 6) is -1.97. The molecule has 0 aliphatic carbocycles. The molecule has 1 aromatic carbocycles. The van der Waals surface area contributed by atoms with Crippen LogP contribution in [0.2, 0.25) is 0 Å². The fourth-order valence-corrected chi connectivity index (χ4v) is 2.86. The lowest BCUT2D eigenvalue weighted by atomic mass is 10.1. The first kappa shape index (κ1) is 14.3. The number of nitrogens with one attached hydrogen (secondary N) is 1. The highest BCUT2D eigenvalue weighted by molar-refractivity contribution is 7.10. The maximum atomic E-state index is 13.4. The zero-order valence-corrected chi connectivity index (χ0v) is 11.7. The number of hydrogen-bond acceptors (Lipinski definition) is 4. The van der Waals surface area contributed by atoms with E-state index in [9.17, 15) is 14.3 Å². The summed E-state index contributed by atoms with van der Waals surface area (Å²) in [5, 5.41) is 14.3. The second kappa shape index (κ2) is 5.92. The lowest BCUT2D eigenvalue weighted by molar-refractivity contribution is 0.0698. The van der Waals surface area contributed by atoms with E-state index in [1.54, 1.807) is 11.3 Å². The minimum Gasteiger partial charge on any atom is -0.478 e. The summed E-state index contributed by atoms with van der Waals surface area (Å²) in [6.07, 6.45) is 0.775. The van der Waals surface area contributed by atoms with Gasteiger partial charge < -0.3 is 16.2 Å². The molecule has 0 saturated heterocycles. The lowest BCUT2D eigenvalue weighted by Crippen LogP contribution is -2.14. The van der Waals surface area contributed by atoms with Crippen molar-refractivity contribution in [3.05, 3.63) is 45.9 Å². The van der Waals surface area contributed by atoms with Gasteiger partial charge in [0.05, 0.1) is 17.4 Å². The Morgan fingerprint density at radius 2 is 2.25 bits per heavy atom. The topological polar surface area (TPSA) is 75.3 Å². The first-order valence-corrected chi connectivity index (χ1v) is 7.03. The van der Waals surface area contributed by atoms with Crippen molar-refractivity contribution >= 4 is 28.7 Å². The van der Waals surface area contributed by atoms with Crippen molar-refractivity contribution < 1.29 is 14.3 Å². The molecule has 0 aliphatic heterocycles. The van der Waals surface area contributed by atoms with E-state index >= 15 is 0 Å². The number of carboxylic acids is 1. The van der Waals surface area contributed by atoms with E-state index in [0.29, 0.717) is 5.69 Å². The van der Waals surface area contributed by atoms with Gasteiger partial charge in [0.2, 0.25) is 0 Å². The number of anilines is 2. The van der Waals surface area contributed by atoms with E-state index < -0.39 is 11.8 Å². The maximum Gasteiger partial charge on any atom is 0.340 e. The molecule has 1 unspecified atom stereocenters. The van der Waals surface area contributed by atoms with Gasteiger partial charge in [-0.25, -0.2) is 9.18 Å². The van der Waals surface area contributed by atoms with E-state index in [1.807, 2.05) is 24.4 Å². The average molecular weight is 294 g/mol. The molecule has 1 atom stereocenters. The molecule has 4 N–H and O–H groups in total. The highest BCUT2D eigenvalue weighted by atomic mass is 32.1. The number of nitrogens with two attached hydrogens (primary N) is 1. The first-order chi connectivity index (χ1) is 9.54. The normalized spacial score (nSPS) is 12.1. The van der Waals surface area contributed by atoms with Crippen LogP contribution in [-0.2, 0) is 0 Å². The number of thiophene rings is 1. The highest BCUT2D eigenvalue weighted by Crippen LogP contribution is 2.31. The molecule has 6 heteroatoms. The third-order valence-electron chi connectivity index (χ3n) is 3.03. The van der Waals surface area contributed by atoms with Crippen LogP contribution in [0.4, 0.5) is 15.8 Å². The molecule has 1 aromatic heterocycles. The summed E-state index contributed by atoms with van der Waals surface area (Å²) in [6.45, 7) is 1.99. The zero-order valence-electron chi connectivity index (χ0n) is 10.9. The Balaban J connectivity index is 2.38. The maximum absolute atomic E-state index is 13.4. The Labute approximate surface area is 120 Å². The fourth-order valence-electron chi connectivity index (χ4n) is 2.00. The SMILES string of the molecule is CCC(Nc1ccc(F)c(N)c1C(=O)O)c1cccs1. The number of halogens is 1. The number of benzene rings is 1. The van der Waals surface area contributed by atoms with E-state index in [4.69, 9.17) is 5.73 Å². The smallest absolute Gasteiger partial charge is 0.340 e. The van der Waals surface area contributed by atoms with Crippen LogP contribution in [0.1, 0.15) is 34.6 Å². The van der Waals surface area contributed by atoms with Crippen molar-refractivity contribution in [2.24, 2.45) is 0 Å². The molecule has 2 rings (SSSR count). The van der Waals surface area contributed by atoms with E-state index in [1.165, 1.54) is 12.1 Å². The number of aromatic carboxylic acids is 1. The molecule has 0 amide bonds. The summed E-state index contributed by atoms with van der Waals surface area (Å²) in [7, 11) is 0. The van der Waals surface area contributed by atoms with Crippen molar-refractivity contribution in [1.82, 2.24) is 0 Å². The molecule has 0 bridgehead atoms. The molecule has 0 saturated carbocycles. The Hall–Kier alpha value is -2.08. The molecular formula is C14H15FN2O2S. The predicted octanol–water partition coefficient (Wildman–Crippen LogP) is 3.73. The number of hydrogen-bond donors (Lipinski definition) is 3. The molecule has 0 aliphatic rings. The van der Waals surface area contributed by atoms with Gasteiger partial charge in [-0.2, -0.15) is 0 Å². The minimum atomic E-state index is -1.24. The Bertz CT molecular complexity index is 614. The van der Waals surface area contributed by atoms with E-state index in [-0.39, 0.29) is 17.3 Å². The van der Waals surface area contributed by atoms with Gasteiger partial charge in [0.25, 0.3) is 0 Å². The van der Waals surface area contributed by atoms with Crippen LogP contribution in [0.3, 0.4) is 0 Å². The fraction of sp³-hybridized carbons (Fsp3) is 0.214. The molecule has 20 heavy (non-hydrogen) atoms. The van der Waals surface area contributed by atoms with Crippen molar-refractivity contribution in [3.63, 3.8) is 0 Å². The van der Waals surface area contributed by atoms with Gasteiger partial charge in [0.1, 0.15) is 11.4 Å². The van der Waals surface area contributed by atoms with E-state index in [0.717, 1.165) is 11.3 Å². The highest BCUT2D eigenvalue weighted by Gasteiger charge is 2.20. The quantitative estimate of drug-likeness (QED) is 0.734. The van der Waals surface area contributed by atoms with Crippen molar-refractivity contribution in [2.75, 3.05) is 11.1 Å². The van der Waals surface area contributed by atoms with E-state index in [2.05, 4.69) is 5.32 Å². The van der Waals surface area contributed by atoms with Crippen LogP contribution in [0.25, 0.3) is 0 Å². The van der Waals surface area contributed by atoms with Gasteiger partial charge >= 0.3 is 5.97 Å². The molecule has 2 aromatic rings. The first-order valence-electron chi connectivity index (χ1n) is 6.15. The molecule has 0 radical (unpaired) electrons. The van der Waals surface area contributed by atoms with Gasteiger partial charge in [-0.15, -0.1) is 11.3 Å². The van der Waals surface area contributed by atoms with Crippen LogP contribution in [0, 0.1) is 5.82 Å². The number of carboxylic acid groups (broad SMARTS) is 1. The number of nitrogen functional groups attached to an aromatic ring is 1. The molecular weight excluding hydrogens is 279 g/mol. The number of carbonyl (C=O) groups is 1. The van der Waals surface area contributed by atoms with Crippen LogP contribution >= 0.6 is 11.3 Å². The second-order valence-corrected chi connectivity index (χ2v) is 5.29. The average Bonchev–Trinajstić information content (AvgIpc) is 2.93. The predicted molar refractivity (Wildman–Crippen MR) is 78.7 cm³/mol. The summed E-state index contributed by atoms with van der Waals surface area (Å²) in [5.41, 5.74) is 5.29. The second-order valence-electron chi connectivity index (χ2n) is 4.31. The molecule has 0 spiro atoms. The van der Waals surface area contributed by atoms with Crippen molar-refractivity contribution in [1.29, 1.82) is 0 Å². The Kier molecular flexibility index (Phi) is 4.24. The minimum absolute atomic E-state index is 0.0297. The van der Waals surface area contributed by atoms with Crippen LogP contribution in [-0.4, -0.2) is 11.1 Å². The molecule has 4 nitrogen and oxygen atoms in total. The van der Waals surface area contributed by atoms with Gasteiger partial charge in [-0.05, 0) is 30.0 Å². The van der Waals surface area contributed by atoms with Gasteiger partial charge in [0.15, 0.2) is 0 Å². The molecule has 1 heterocycles. The van der Waals surface area contributed by atoms with Crippen LogP contribution < -0.4 is 11.1 Å². The summed E-state index contributed by atoms with van der Waals surface area (Å²) in [6, 6.07) is 6.45. The number of rotatable bonds is 5. The Morgan fingerprint density at radius 3 is 2.80 bits per heavy atom. The summed E-state index contributed by atoms with van der Waals surface area (Å²) in [4.78, 5) is 12.4. The van der Waals surface area contributed by atoms with Crippen LogP contribution in [0.15, 0.2) is 29.6 Å². The molecule has 106 valence electrons. The standard InChI is InChI=1S/C14H15FN2O2S/c1-2-9(11-4-3-7-20-11)17-10-6-5-8(15)13(16)12(10)14(18)19/h3-7,9,17H,2,16H2,1H3,(H,18,19). The third-order valence-corrected chi connectivity index (χ3v) is 4.02. The van der Waals surface area contributed by atoms with Gasteiger partial charge in [-0.3, -0.25) is 0 Å². The van der Waals surface area contributed by atoms with Crippen molar-refractivity contribution in [3.8, 4) is 0 Å². The largest absolute Gasteiger partial charge is 0.478 e.